The first-order valence-electron chi connectivity index (χ1n) is 14.5. The van der Waals surface area contributed by atoms with E-state index in [0.29, 0.717) is 52.9 Å². The Labute approximate surface area is 251 Å². The first kappa shape index (κ1) is 33.9. The van der Waals surface area contributed by atoms with Gasteiger partial charge in [0.25, 0.3) is 11.8 Å². The minimum absolute atomic E-state index is 0.0590. The van der Waals surface area contributed by atoms with Gasteiger partial charge < -0.3 is 28.4 Å². The van der Waals surface area contributed by atoms with Crippen LogP contribution in [0.2, 0.25) is 0 Å². The predicted octanol–water partition coefficient (Wildman–Crippen LogP) is 2.35. The molecule has 1 aromatic rings. The van der Waals surface area contributed by atoms with Crippen molar-refractivity contribution in [1.82, 2.24) is 10.2 Å². The fourth-order valence-corrected chi connectivity index (χ4v) is 4.64. The molecule has 0 aliphatic carbocycles. The van der Waals surface area contributed by atoms with E-state index in [-0.39, 0.29) is 42.9 Å². The topological polar surface area (TPSA) is 139 Å². The molecule has 12 nitrogen and oxygen atoms in total. The highest BCUT2D eigenvalue weighted by molar-refractivity contribution is 6.24. The van der Waals surface area contributed by atoms with Gasteiger partial charge in [-0.1, -0.05) is 18.9 Å². The van der Waals surface area contributed by atoms with Crippen LogP contribution in [-0.2, 0) is 33.3 Å². The molecule has 1 fully saturated rings. The van der Waals surface area contributed by atoms with Gasteiger partial charge in [-0.05, 0) is 31.4 Å². The number of unbranched alkanes of at least 4 members (excludes halogenated alkanes) is 3. The van der Waals surface area contributed by atoms with Gasteiger partial charge in [-0.25, -0.2) is 0 Å². The quantitative estimate of drug-likeness (QED) is 0.111. The average molecular weight is 613 g/mol. The van der Waals surface area contributed by atoms with Crippen LogP contribution < -0.4 is 10.1 Å². The van der Waals surface area contributed by atoms with E-state index in [2.05, 4.69) is 5.32 Å². The van der Waals surface area contributed by atoms with Crippen LogP contribution in [0.25, 0.3) is 0 Å². The average Bonchev–Trinajstić information content (AvgIpc) is 3.23. The second-order valence-electron chi connectivity index (χ2n) is 9.64. The maximum absolute atomic E-state index is 13.1. The summed E-state index contributed by atoms with van der Waals surface area (Å²) < 4.78 is 33.2. The van der Waals surface area contributed by atoms with E-state index in [1.54, 1.807) is 12.1 Å². The summed E-state index contributed by atoms with van der Waals surface area (Å²) in [6.45, 7) is 4.89. The minimum atomic E-state index is -1.03. The minimum Gasteiger partial charge on any atom is -0.490 e. The number of ether oxygens (including phenoxy) is 6. The molecule has 0 bridgehead atoms. The number of rotatable bonds is 23. The van der Waals surface area contributed by atoms with Crippen LogP contribution in [0.4, 0.5) is 0 Å². The Morgan fingerprint density at radius 2 is 1.29 bits per heavy atom. The molecule has 0 saturated carbocycles. The third-order valence-corrected chi connectivity index (χ3v) is 6.84. The second-order valence-corrected chi connectivity index (χ2v) is 10.0. The smallest absolute Gasteiger partial charge is 0.266 e. The molecule has 13 heteroatoms. The van der Waals surface area contributed by atoms with Crippen molar-refractivity contribution in [2.45, 2.75) is 44.6 Å². The summed E-state index contributed by atoms with van der Waals surface area (Å²) in [6.07, 6.45) is 4.55. The van der Waals surface area contributed by atoms with Gasteiger partial charge in [0.2, 0.25) is 11.8 Å². The number of piperidine rings is 1. The number of alkyl halides is 1. The number of carbonyl (C=O) groups excluding carboxylic acids is 4. The molecule has 4 amide bonds. The van der Waals surface area contributed by atoms with Crippen molar-refractivity contribution in [1.29, 1.82) is 0 Å². The SMILES string of the molecule is O=C1CCC(N2C(=O)c3cccc(OCCOCCOCCOCCOCCOCCCCCCCl)c3C2=O)C(=O)N1. The molecule has 1 unspecified atom stereocenters. The van der Waals surface area contributed by atoms with Crippen LogP contribution >= 0.6 is 11.6 Å². The zero-order chi connectivity index (χ0) is 30.0. The van der Waals surface area contributed by atoms with Crippen LogP contribution in [0.15, 0.2) is 18.2 Å². The molecule has 42 heavy (non-hydrogen) atoms. The Bertz CT molecular complexity index is 1020. The Kier molecular flexibility index (Phi) is 15.8. The Hall–Kier alpha value is -2.61. The van der Waals surface area contributed by atoms with Gasteiger partial charge in [0.1, 0.15) is 18.4 Å². The van der Waals surface area contributed by atoms with Crippen LogP contribution in [-0.4, -0.2) is 113 Å². The number of nitrogens with zero attached hydrogens (tertiary/aromatic N) is 1. The van der Waals surface area contributed by atoms with Crippen molar-refractivity contribution in [3.05, 3.63) is 29.3 Å². The number of halogens is 1. The van der Waals surface area contributed by atoms with Gasteiger partial charge >= 0.3 is 0 Å². The number of imide groups is 2. The van der Waals surface area contributed by atoms with E-state index >= 15 is 0 Å². The summed E-state index contributed by atoms with van der Waals surface area (Å²) in [4.78, 5) is 50.5. The second kappa shape index (κ2) is 19.6. The lowest BCUT2D eigenvalue weighted by molar-refractivity contribution is -0.136. The highest BCUT2D eigenvalue weighted by atomic mass is 35.5. The molecule has 2 aliphatic rings. The molecule has 3 rings (SSSR count). The van der Waals surface area contributed by atoms with E-state index in [1.807, 2.05) is 0 Å². The molecule has 1 atom stereocenters. The fourth-order valence-electron chi connectivity index (χ4n) is 4.45. The Morgan fingerprint density at radius 1 is 0.714 bits per heavy atom. The highest BCUT2D eigenvalue weighted by Crippen LogP contribution is 2.33. The molecule has 0 radical (unpaired) electrons. The van der Waals surface area contributed by atoms with E-state index in [0.717, 1.165) is 43.1 Å². The third kappa shape index (κ3) is 10.9. The molecule has 0 aromatic heterocycles. The summed E-state index contributed by atoms with van der Waals surface area (Å²) >= 11 is 5.64. The maximum atomic E-state index is 13.1. The molecule has 2 heterocycles. The van der Waals surface area contributed by atoms with Crippen molar-refractivity contribution < 1.29 is 47.6 Å². The first-order valence-corrected chi connectivity index (χ1v) is 15.0. The Balaban J connectivity index is 1.17. The summed E-state index contributed by atoms with van der Waals surface area (Å²) in [5, 5.41) is 2.18. The lowest BCUT2D eigenvalue weighted by Gasteiger charge is -2.27. The molecule has 234 valence electrons. The van der Waals surface area contributed by atoms with Crippen molar-refractivity contribution in [3.63, 3.8) is 0 Å². The van der Waals surface area contributed by atoms with E-state index in [4.69, 9.17) is 40.0 Å². The fraction of sp³-hybridized carbons (Fsp3) is 0.655. The predicted molar refractivity (Wildman–Crippen MR) is 152 cm³/mol. The summed E-state index contributed by atoms with van der Waals surface area (Å²) in [5.41, 5.74) is 0.276. The molecule has 1 N–H and O–H groups in total. The van der Waals surface area contributed by atoms with Crippen molar-refractivity contribution in [2.75, 3.05) is 78.6 Å². The molecule has 2 aliphatic heterocycles. The van der Waals surface area contributed by atoms with E-state index in [9.17, 15) is 19.2 Å². The standard InChI is InChI=1S/C29H41ClN2O10/c30-10-3-1-2-4-11-37-12-13-38-14-15-39-16-17-40-18-19-41-20-21-42-24-7-5-6-22-26(24)29(36)32(28(22)35)23-8-9-25(33)31-27(23)34/h5-7,23H,1-4,8-21H2,(H,31,33,34). The van der Waals surface area contributed by atoms with Gasteiger partial charge in [-0.3, -0.25) is 29.4 Å². The summed E-state index contributed by atoms with van der Waals surface area (Å²) in [5.74, 6) is -1.31. The van der Waals surface area contributed by atoms with Crippen molar-refractivity contribution in [3.8, 4) is 5.75 Å². The highest BCUT2D eigenvalue weighted by Gasteiger charge is 2.45. The molecular weight excluding hydrogens is 572 g/mol. The van der Waals surface area contributed by atoms with Gasteiger partial charge in [-0.15, -0.1) is 11.6 Å². The summed E-state index contributed by atoms with van der Waals surface area (Å²) in [6, 6.07) is 3.69. The monoisotopic (exact) mass is 612 g/mol. The number of nitrogens with one attached hydrogen (secondary N) is 1. The molecular formula is C29H41ClN2O10. The number of hydrogen-bond donors (Lipinski definition) is 1. The van der Waals surface area contributed by atoms with Crippen LogP contribution in [0, 0.1) is 0 Å². The van der Waals surface area contributed by atoms with Crippen molar-refractivity contribution in [2.24, 2.45) is 0 Å². The van der Waals surface area contributed by atoms with Crippen molar-refractivity contribution >= 4 is 35.2 Å². The maximum Gasteiger partial charge on any atom is 0.266 e. The molecule has 1 aromatic carbocycles. The zero-order valence-corrected chi connectivity index (χ0v) is 24.7. The van der Waals surface area contributed by atoms with Gasteiger partial charge in [-0.2, -0.15) is 0 Å². The number of amides is 4. The molecule has 0 spiro atoms. The zero-order valence-electron chi connectivity index (χ0n) is 23.9. The van der Waals surface area contributed by atoms with Gasteiger partial charge in [0.15, 0.2) is 0 Å². The first-order chi connectivity index (χ1) is 20.5. The van der Waals surface area contributed by atoms with E-state index < -0.39 is 29.7 Å². The van der Waals surface area contributed by atoms with Crippen LogP contribution in [0.3, 0.4) is 0 Å². The van der Waals surface area contributed by atoms with Gasteiger partial charge in [0, 0.05) is 18.9 Å². The number of benzene rings is 1. The Morgan fingerprint density at radius 3 is 1.88 bits per heavy atom. The summed E-state index contributed by atoms with van der Waals surface area (Å²) in [7, 11) is 0. The third-order valence-electron chi connectivity index (χ3n) is 6.58. The largest absolute Gasteiger partial charge is 0.490 e. The van der Waals surface area contributed by atoms with Crippen LogP contribution in [0.5, 0.6) is 5.75 Å². The number of fused-ring (bicyclic) bond motifs is 1. The molecule has 1 saturated heterocycles. The lowest BCUT2D eigenvalue weighted by atomic mass is 10.0. The normalized spacial score (nSPS) is 16.7. The lowest BCUT2D eigenvalue weighted by Crippen LogP contribution is -2.54. The number of carbonyl (C=O) groups is 4. The van der Waals surface area contributed by atoms with Crippen LogP contribution in [0.1, 0.15) is 59.2 Å². The number of hydrogen-bond acceptors (Lipinski definition) is 10. The van der Waals surface area contributed by atoms with E-state index in [1.165, 1.54) is 6.07 Å². The van der Waals surface area contributed by atoms with Gasteiger partial charge in [0.05, 0.1) is 70.6 Å².